The van der Waals surface area contributed by atoms with E-state index in [1.165, 1.54) is 0 Å². The fraction of sp³-hybridized carbons (Fsp3) is 0.500. The first-order valence-electron chi connectivity index (χ1n) is 6.74. The molecule has 0 aliphatic heterocycles. The summed E-state index contributed by atoms with van der Waals surface area (Å²) in [4.78, 5) is 25.1. The van der Waals surface area contributed by atoms with Gasteiger partial charge in [-0.25, -0.2) is 10.4 Å². The highest BCUT2D eigenvalue weighted by Crippen LogP contribution is 2.19. The number of nitrogens with zero attached hydrogens (tertiary/aromatic N) is 1. The second-order valence-corrected chi connectivity index (χ2v) is 6.92. The van der Waals surface area contributed by atoms with Gasteiger partial charge in [-0.15, -0.1) is 0 Å². The quantitative estimate of drug-likeness (QED) is 0.845. The molecule has 1 aromatic carbocycles. The van der Waals surface area contributed by atoms with Gasteiger partial charge in [0, 0.05) is 16.5 Å². The van der Waals surface area contributed by atoms with Crippen molar-refractivity contribution in [2.45, 2.75) is 47.1 Å². The van der Waals surface area contributed by atoms with Crippen LogP contribution in [0.25, 0.3) is 0 Å². The van der Waals surface area contributed by atoms with Crippen molar-refractivity contribution in [2.24, 2.45) is 5.41 Å². The topological polar surface area (TPSA) is 49.4 Å². The first-order chi connectivity index (χ1) is 9.02. The molecule has 0 aliphatic rings. The molecule has 110 valence electrons. The minimum Gasteiger partial charge on any atom is -0.272 e. The number of nitrogens with one attached hydrogen (secondary N) is 1. The number of benzene rings is 1. The number of imide groups is 1. The minimum absolute atomic E-state index is 0.249. The van der Waals surface area contributed by atoms with Gasteiger partial charge in [0.25, 0.3) is 5.91 Å². The van der Waals surface area contributed by atoms with Gasteiger partial charge in [-0.3, -0.25) is 9.59 Å². The second kappa shape index (κ2) is 5.75. The zero-order valence-electron chi connectivity index (χ0n) is 13.2. The normalized spacial score (nSPS) is 12.1. The molecule has 0 radical (unpaired) electrons. The molecule has 0 saturated carbocycles. The van der Waals surface area contributed by atoms with Crippen LogP contribution in [-0.4, -0.2) is 22.4 Å². The molecule has 1 rings (SSSR count). The molecular weight excluding hydrogens is 252 g/mol. The molecule has 0 saturated heterocycles. The van der Waals surface area contributed by atoms with E-state index in [1.807, 2.05) is 26.8 Å². The molecule has 2 amide bonds. The van der Waals surface area contributed by atoms with E-state index in [4.69, 9.17) is 0 Å². The summed E-state index contributed by atoms with van der Waals surface area (Å²) in [6, 6.07) is 8.81. The van der Waals surface area contributed by atoms with E-state index < -0.39 is 5.41 Å². The zero-order chi connectivity index (χ0) is 15.6. The lowest BCUT2D eigenvalue weighted by Gasteiger charge is -2.34. The second-order valence-electron chi connectivity index (χ2n) is 6.92. The summed E-state index contributed by atoms with van der Waals surface area (Å²) in [5.41, 5.74) is 2.46. The van der Waals surface area contributed by atoms with Gasteiger partial charge < -0.3 is 0 Å². The maximum Gasteiger partial charge on any atom is 0.275 e. The van der Waals surface area contributed by atoms with Crippen LogP contribution in [0.1, 0.15) is 51.9 Å². The number of carbonyl (C=O) groups excluding carboxylic acids is 2. The standard InChI is InChI=1S/C16H24N2O2/c1-15(2,3)14(20)18(17-16(4,5)6)13(19)12-10-8-7-9-11-12/h7-11,17H,1-6H3. The number of carbonyl (C=O) groups is 2. The molecule has 0 aliphatic carbocycles. The average molecular weight is 276 g/mol. The summed E-state index contributed by atoms with van der Waals surface area (Å²) in [7, 11) is 0. The Hall–Kier alpha value is -1.68. The maximum atomic E-state index is 12.6. The van der Waals surface area contributed by atoms with Crippen LogP contribution in [0.5, 0.6) is 0 Å². The molecule has 0 bridgehead atoms. The maximum absolute atomic E-state index is 12.6. The minimum atomic E-state index is -0.636. The Morgan fingerprint density at radius 1 is 0.950 bits per heavy atom. The largest absolute Gasteiger partial charge is 0.275 e. The van der Waals surface area contributed by atoms with Crippen molar-refractivity contribution in [3.8, 4) is 0 Å². The summed E-state index contributed by atoms with van der Waals surface area (Å²) in [6.45, 7) is 11.1. The van der Waals surface area contributed by atoms with Crippen LogP contribution < -0.4 is 5.43 Å². The lowest BCUT2D eigenvalue weighted by Crippen LogP contribution is -2.57. The Kier molecular flexibility index (Phi) is 4.71. The fourth-order valence-electron chi connectivity index (χ4n) is 1.57. The van der Waals surface area contributed by atoms with E-state index in [1.54, 1.807) is 45.0 Å². The summed E-state index contributed by atoms with van der Waals surface area (Å²) < 4.78 is 0. The Bertz CT molecular complexity index is 481. The van der Waals surface area contributed by atoms with Crippen molar-refractivity contribution < 1.29 is 9.59 Å². The van der Waals surface area contributed by atoms with Gasteiger partial charge in [0.2, 0.25) is 5.91 Å². The predicted octanol–water partition coefficient (Wildman–Crippen LogP) is 3.00. The number of hydrazine groups is 1. The summed E-state index contributed by atoms with van der Waals surface area (Å²) >= 11 is 0. The molecular formula is C16H24N2O2. The Morgan fingerprint density at radius 2 is 1.45 bits per heavy atom. The van der Waals surface area contributed by atoms with Crippen LogP contribution in [-0.2, 0) is 4.79 Å². The lowest BCUT2D eigenvalue weighted by molar-refractivity contribution is -0.140. The van der Waals surface area contributed by atoms with Gasteiger partial charge in [0.1, 0.15) is 0 Å². The molecule has 4 heteroatoms. The van der Waals surface area contributed by atoms with Crippen LogP contribution in [0.15, 0.2) is 30.3 Å². The van der Waals surface area contributed by atoms with Crippen LogP contribution in [0.3, 0.4) is 0 Å². The number of hydrogen-bond donors (Lipinski definition) is 1. The molecule has 1 aromatic rings. The Labute approximate surface area is 121 Å². The first kappa shape index (κ1) is 16.4. The monoisotopic (exact) mass is 276 g/mol. The average Bonchev–Trinajstić information content (AvgIpc) is 2.33. The van der Waals surface area contributed by atoms with E-state index in [0.717, 1.165) is 5.01 Å². The van der Waals surface area contributed by atoms with E-state index in [-0.39, 0.29) is 17.4 Å². The number of rotatable bonds is 2. The van der Waals surface area contributed by atoms with Crippen molar-refractivity contribution in [1.82, 2.24) is 10.4 Å². The molecule has 0 spiro atoms. The highest BCUT2D eigenvalue weighted by Gasteiger charge is 2.34. The van der Waals surface area contributed by atoms with Crippen LogP contribution in [0.4, 0.5) is 0 Å². The van der Waals surface area contributed by atoms with Crippen molar-refractivity contribution in [3.63, 3.8) is 0 Å². The first-order valence-corrected chi connectivity index (χ1v) is 6.74. The van der Waals surface area contributed by atoms with Gasteiger partial charge in [-0.05, 0) is 32.9 Å². The molecule has 0 aromatic heterocycles. The van der Waals surface area contributed by atoms with Gasteiger partial charge >= 0.3 is 0 Å². The third-order valence-electron chi connectivity index (χ3n) is 2.52. The molecule has 0 unspecified atom stereocenters. The van der Waals surface area contributed by atoms with E-state index in [9.17, 15) is 9.59 Å². The summed E-state index contributed by atoms with van der Waals surface area (Å²) in [6.07, 6.45) is 0. The van der Waals surface area contributed by atoms with Gasteiger partial charge in [-0.2, -0.15) is 0 Å². The summed E-state index contributed by atoms with van der Waals surface area (Å²) in [5, 5.41) is 1.13. The van der Waals surface area contributed by atoms with Crippen molar-refractivity contribution in [2.75, 3.05) is 0 Å². The van der Waals surface area contributed by atoms with Crippen molar-refractivity contribution in [3.05, 3.63) is 35.9 Å². The molecule has 1 N–H and O–H groups in total. The van der Waals surface area contributed by atoms with Crippen molar-refractivity contribution in [1.29, 1.82) is 0 Å². The van der Waals surface area contributed by atoms with Gasteiger partial charge in [0.05, 0.1) is 0 Å². The Morgan fingerprint density at radius 3 is 1.85 bits per heavy atom. The highest BCUT2D eigenvalue weighted by molar-refractivity contribution is 6.05. The third-order valence-corrected chi connectivity index (χ3v) is 2.52. The Balaban J connectivity index is 3.12. The number of hydrogen-bond acceptors (Lipinski definition) is 3. The third kappa shape index (κ3) is 4.46. The predicted molar refractivity (Wildman–Crippen MR) is 80.0 cm³/mol. The molecule has 0 heterocycles. The van der Waals surface area contributed by atoms with Crippen molar-refractivity contribution >= 4 is 11.8 Å². The highest BCUT2D eigenvalue weighted by atomic mass is 16.2. The molecule has 0 atom stereocenters. The van der Waals surface area contributed by atoms with Crippen LogP contribution in [0.2, 0.25) is 0 Å². The fourth-order valence-corrected chi connectivity index (χ4v) is 1.57. The van der Waals surface area contributed by atoms with Gasteiger partial charge in [-0.1, -0.05) is 39.0 Å². The van der Waals surface area contributed by atoms with E-state index in [0.29, 0.717) is 5.56 Å². The smallest absolute Gasteiger partial charge is 0.272 e. The van der Waals surface area contributed by atoms with E-state index in [2.05, 4.69) is 5.43 Å². The molecule has 4 nitrogen and oxygen atoms in total. The lowest BCUT2D eigenvalue weighted by atomic mass is 9.95. The van der Waals surface area contributed by atoms with E-state index >= 15 is 0 Å². The summed E-state index contributed by atoms with van der Waals surface area (Å²) in [5.74, 6) is -0.582. The van der Waals surface area contributed by atoms with Crippen LogP contribution >= 0.6 is 0 Å². The SMILES string of the molecule is CC(C)(C)NN(C(=O)c1ccccc1)C(=O)C(C)(C)C. The van der Waals surface area contributed by atoms with Crippen LogP contribution in [0, 0.1) is 5.41 Å². The molecule has 20 heavy (non-hydrogen) atoms. The van der Waals surface area contributed by atoms with Gasteiger partial charge in [0.15, 0.2) is 0 Å². The number of amides is 2. The zero-order valence-corrected chi connectivity index (χ0v) is 13.2. The molecule has 0 fully saturated rings.